The first-order valence-electron chi connectivity index (χ1n) is 13.5. The molecule has 6 rings (SSSR count). The lowest BCUT2D eigenvalue weighted by Crippen LogP contribution is -2.51. The number of nitrogens with two attached hydrogens (primary N) is 1. The van der Waals surface area contributed by atoms with E-state index >= 15 is 0 Å². The first-order chi connectivity index (χ1) is 19.4. The second-order valence-electron chi connectivity index (χ2n) is 9.92. The van der Waals surface area contributed by atoms with Gasteiger partial charge in [0.05, 0.1) is 39.8 Å². The topological polar surface area (TPSA) is 150 Å². The molecule has 40 heavy (non-hydrogen) atoms. The van der Waals surface area contributed by atoms with Crippen LogP contribution < -0.4 is 21.3 Å². The summed E-state index contributed by atoms with van der Waals surface area (Å²) in [5.74, 6) is 0. The number of aldehydes is 1. The van der Waals surface area contributed by atoms with Gasteiger partial charge in [0, 0.05) is 37.1 Å². The van der Waals surface area contributed by atoms with Gasteiger partial charge >= 0.3 is 0 Å². The molecule has 0 radical (unpaired) electrons. The second-order valence-corrected chi connectivity index (χ2v) is 10.9. The van der Waals surface area contributed by atoms with Crippen molar-refractivity contribution >= 4 is 34.0 Å². The van der Waals surface area contributed by atoms with E-state index in [1.165, 1.54) is 26.1 Å². The number of carbonyl (C=O) groups is 1. The Morgan fingerprint density at radius 3 is 2.55 bits per heavy atom. The predicted molar refractivity (Wildman–Crippen MR) is 159 cm³/mol. The molecule has 0 spiro atoms. The molecule has 2 aliphatic rings. The Labute approximate surface area is 238 Å². The highest BCUT2D eigenvalue weighted by Gasteiger charge is 2.33. The summed E-state index contributed by atoms with van der Waals surface area (Å²) in [6, 6.07) is 10.7. The Morgan fingerprint density at radius 2 is 1.88 bits per heavy atom. The highest BCUT2D eigenvalue weighted by molar-refractivity contribution is 7.18. The van der Waals surface area contributed by atoms with Crippen LogP contribution in [-0.2, 0) is 4.79 Å². The number of carbonyl (C=O) groups excluding carboxylic acids is 1. The third-order valence-corrected chi connectivity index (χ3v) is 7.70. The van der Waals surface area contributed by atoms with Gasteiger partial charge < -0.3 is 26.1 Å². The zero-order valence-electron chi connectivity index (χ0n) is 23.5. The van der Waals surface area contributed by atoms with Crippen LogP contribution in [0.25, 0.3) is 27.5 Å². The summed E-state index contributed by atoms with van der Waals surface area (Å²) in [5, 5.41) is 31.2. The number of hydrogen-bond acceptors (Lipinski definition) is 11. The number of pyridine rings is 1. The number of hydrogen-bond donors (Lipinski definition) is 3. The molecule has 210 valence electrons. The third kappa shape index (κ3) is 5.96. The quantitative estimate of drug-likeness (QED) is 0.298. The van der Waals surface area contributed by atoms with E-state index in [9.17, 15) is 10.1 Å². The van der Waals surface area contributed by atoms with Gasteiger partial charge in [-0.3, -0.25) is 4.98 Å². The first-order valence-corrected chi connectivity index (χ1v) is 14.3. The van der Waals surface area contributed by atoms with Crippen LogP contribution in [0.1, 0.15) is 46.1 Å². The van der Waals surface area contributed by atoms with Crippen molar-refractivity contribution in [1.82, 2.24) is 30.1 Å². The van der Waals surface area contributed by atoms with Crippen LogP contribution in [0.15, 0.2) is 36.7 Å². The smallest absolute Gasteiger partial charge is 0.208 e. The molecule has 4 aromatic heterocycles. The number of nitriles is 1. The fraction of sp³-hybridized carbons (Fsp3) is 0.429. The van der Waals surface area contributed by atoms with Gasteiger partial charge in [0.2, 0.25) is 5.13 Å². The molecule has 4 aromatic rings. The van der Waals surface area contributed by atoms with Gasteiger partial charge in [0.1, 0.15) is 12.4 Å². The minimum absolute atomic E-state index is 0.495. The number of aromatic nitrogens is 5. The lowest BCUT2D eigenvalue weighted by molar-refractivity contribution is -0.110. The fourth-order valence-corrected chi connectivity index (χ4v) is 5.79. The molecule has 12 heteroatoms. The Morgan fingerprint density at radius 1 is 1.15 bits per heavy atom. The van der Waals surface area contributed by atoms with Crippen LogP contribution in [0, 0.1) is 11.3 Å². The Bertz CT molecular complexity index is 1490. The largest absolute Gasteiger partial charge is 0.373 e. The monoisotopic (exact) mass is 560 g/mol. The van der Waals surface area contributed by atoms with Gasteiger partial charge in [0.15, 0.2) is 5.01 Å². The first kappa shape index (κ1) is 29.1. The van der Waals surface area contributed by atoms with E-state index in [4.69, 9.17) is 4.98 Å². The van der Waals surface area contributed by atoms with Gasteiger partial charge in [-0.05, 0) is 58.0 Å². The molecule has 0 amide bonds. The van der Waals surface area contributed by atoms with Gasteiger partial charge in [-0.25, -0.2) is 4.52 Å². The van der Waals surface area contributed by atoms with Crippen LogP contribution in [0.2, 0.25) is 0 Å². The van der Waals surface area contributed by atoms with E-state index in [2.05, 4.69) is 42.6 Å². The zero-order chi connectivity index (χ0) is 28.9. The Balaban J connectivity index is 0.000000886. The highest BCUT2D eigenvalue weighted by atomic mass is 32.1. The minimum Gasteiger partial charge on any atom is -0.373 e. The van der Waals surface area contributed by atoms with E-state index < -0.39 is 5.54 Å². The van der Waals surface area contributed by atoms with E-state index in [0.717, 1.165) is 52.0 Å². The Kier molecular flexibility index (Phi) is 9.09. The second kappa shape index (κ2) is 12.5. The molecule has 0 aliphatic carbocycles. The SMILES string of the molecule is CC.CC(C)(C=O)Nc1cc(-c2ccc3cc(C#N)cnn23)ncc1-c1nnc(N2CC3CCC(C2)N3)s1.CN. The maximum absolute atomic E-state index is 11.7. The molecule has 2 fully saturated rings. The molecule has 0 saturated carbocycles. The molecule has 2 unspecified atom stereocenters. The van der Waals surface area contributed by atoms with E-state index in [1.807, 2.05) is 45.9 Å². The summed E-state index contributed by atoms with van der Waals surface area (Å²) in [6.07, 6.45) is 6.59. The number of fused-ring (bicyclic) bond motifs is 3. The fourth-order valence-electron chi connectivity index (χ4n) is 4.91. The van der Waals surface area contributed by atoms with Gasteiger partial charge in [-0.2, -0.15) is 10.4 Å². The number of rotatable bonds is 6. The molecule has 4 N–H and O–H groups in total. The van der Waals surface area contributed by atoms with Crippen LogP contribution >= 0.6 is 11.3 Å². The minimum atomic E-state index is -0.792. The summed E-state index contributed by atoms with van der Waals surface area (Å²) in [7, 11) is 1.50. The standard InChI is InChI=1S/C25H25N9OS.C2H6.CH5N/c1-25(2,14-35)30-20-8-21(22-6-5-18-7-15(9-26)10-28-34(18)22)27-11-19(20)23-31-32-24(36-23)33-12-16-3-4-17(13-33)29-16;2*1-2/h5-8,10-11,14,16-17,29H,3-4,12-13H2,1-2H3,(H,27,30);1-2H3;2H2,1H3. The predicted octanol–water partition coefficient (Wildman–Crippen LogP) is 3.72. The average Bonchev–Trinajstić information content (AvgIpc) is 3.73. The lowest BCUT2D eigenvalue weighted by Gasteiger charge is -2.32. The van der Waals surface area contributed by atoms with Crippen molar-refractivity contribution in [3.8, 4) is 28.0 Å². The maximum Gasteiger partial charge on any atom is 0.208 e. The summed E-state index contributed by atoms with van der Waals surface area (Å²) in [4.78, 5) is 18.8. The molecule has 2 atom stereocenters. The van der Waals surface area contributed by atoms with Crippen LogP contribution in [-0.4, -0.2) is 68.8 Å². The van der Waals surface area contributed by atoms with Crippen molar-refractivity contribution in [2.24, 2.45) is 5.73 Å². The Hall–Kier alpha value is -3.92. The summed E-state index contributed by atoms with van der Waals surface area (Å²) < 4.78 is 1.75. The average molecular weight is 561 g/mol. The van der Waals surface area contributed by atoms with Crippen LogP contribution in [0.3, 0.4) is 0 Å². The van der Waals surface area contributed by atoms with Crippen molar-refractivity contribution in [1.29, 1.82) is 5.26 Å². The zero-order valence-corrected chi connectivity index (χ0v) is 24.4. The van der Waals surface area contributed by atoms with Crippen molar-refractivity contribution in [2.75, 3.05) is 30.4 Å². The van der Waals surface area contributed by atoms with E-state index in [1.54, 1.807) is 28.1 Å². The van der Waals surface area contributed by atoms with Gasteiger partial charge in [-0.15, -0.1) is 10.2 Å². The maximum atomic E-state index is 11.7. The molecule has 2 bridgehead atoms. The van der Waals surface area contributed by atoms with Gasteiger partial charge in [-0.1, -0.05) is 25.2 Å². The summed E-state index contributed by atoms with van der Waals surface area (Å²) >= 11 is 1.54. The number of piperazine rings is 1. The molecule has 6 heterocycles. The third-order valence-electron chi connectivity index (χ3n) is 6.68. The van der Waals surface area contributed by atoms with Gasteiger partial charge in [0.25, 0.3) is 0 Å². The molecule has 2 aliphatic heterocycles. The molecular formula is C28H36N10OS. The van der Waals surface area contributed by atoms with Crippen molar-refractivity contribution in [3.63, 3.8) is 0 Å². The lowest BCUT2D eigenvalue weighted by atomic mass is 10.1. The molecule has 0 aromatic carbocycles. The van der Waals surface area contributed by atoms with Crippen molar-refractivity contribution in [2.45, 2.75) is 58.2 Å². The molecule has 2 saturated heterocycles. The normalized spacial score (nSPS) is 17.8. The number of anilines is 2. The van der Waals surface area contributed by atoms with E-state index in [0.29, 0.717) is 23.3 Å². The highest BCUT2D eigenvalue weighted by Crippen LogP contribution is 2.37. The number of nitrogens with zero attached hydrogens (tertiary/aromatic N) is 7. The number of nitrogens with one attached hydrogen (secondary N) is 2. The van der Waals surface area contributed by atoms with Crippen molar-refractivity contribution < 1.29 is 4.79 Å². The molecular weight excluding hydrogens is 524 g/mol. The summed E-state index contributed by atoms with van der Waals surface area (Å²) in [5.41, 5.74) is 8.00. The van der Waals surface area contributed by atoms with Crippen LogP contribution in [0.5, 0.6) is 0 Å². The molecule has 11 nitrogen and oxygen atoms in total. The van der Waals surface area contributed by atoms with E-state index in [-0.39, 0.29) is 0 Å². The van der Waals surface area contributed by atoms with Crippen molar-refractivity contribution in [3.05, 3.63) is 42.2 Å². The van der Waals surface area contributed by atoms with Crippen LogP contribution in [0.4, 0.5) is 10.8 Å². The summed E-state index contributed by atoms with van der Waals surface area (Å²) in [6.45, 7) is 9.52.